The van der Waals surface area contributed by atoms with Crippen LogP contribution in [0.1, 0.15) is 28.8 Å². The maximum Gasteiger partial charge on any atom is 0.319 e. The molecule has 2 saturated heterocycles. The molecular formula is C29H31FN6O2. The second-order valence-corrected chi connectivity index (χ2v) is 10.1. The van der Waals surface area contributed by atoms with Gasteiger partial charge in [-0.05, 0) is 18.2 Å². The second-order valence-electron chi connectivity index (χ2n) is 10.1. The van der Waals surface area contributed by atoms with Gasteiger partial charge in [0.1, 0.15) is 5.82 Å². The summed E-state index contributed by atoms with van der Waals surface area (Å²) in [5, 5.41) is 0.590. The van der Waals surface area contributed by atoms with Crippen LogP contribution in [0.3, 0.4) is 0 Å². The SMILES string of the molecule is [C-]#[N+]C1(c2ccccc2)CCN(c2c(C(=O)N3CCN(C(=O)N(C)C)CC3)cnc3ccc(F)cc23)CC1. The molecule has 5 rings (SSSR count). The van der Waals surface area contributed by atoms with Crippen molar-refractivity contribution in [2.45, 2.75) is 18.4 Å². The van der Waals surface area contributed by atoms with E-state index in [-0.39, 0.29) is 11.9 Å². The number of aromatic nitrogens is 1. The quantitative estimate of drug-likeness (QED) is 0.491. The van der Waals surface area contributed by atoms with Gasteiger partial charge < -0.3 is 24.4 Å². The van der Waals surface area contributed by atoms with Gasteiger partial charge in [0.05, 0.1) is 16.8 Å². The molecule has 3 heterocycles. The molecule has 196 valence electrons. The topological polar surface area (TPSA) is 64.4 Å². The van der Waals surface area contributed by atoms with E-state index in [1.165, 1.54) is 17.0 Å². The molecule has 0 saturated carbocycles. The third kappa shape index (κ3) is 4.62. The number of hydrogen-bond acceptors (Lipinski definition) is 4. The molecule has 38 heavy (non-hydrogen) atoms. The minimum atomic E-state index is -0.620. The number of amides is 3. The Balaban J connectivity index is 1.45. The first-order valence-electron chi connectivity index (χ1n) is 12.9. The van der Waals surface area contributed by atoms with Crippen molar-refractivity contribution in [1.29, 1.82) is 0 Å². The first-order chi connectivity index (χ1) is 18.3. The monoisotopic (exact) mass is 514 g/mol. The van der Waals surface area contributed by atoms with Crippen molar-refractivity contribution >= 4 is 28.5 Å². The molecule has 0 spiro atoms. The average Bonchev–Trinajstić information content (AvgIpc) is 2.96. The van der Waals surface area contributed by atoms with E-state index in [2.05, 4.69) is 14.7 Å². The van der Waals surface area contributed by atoms with Gasteiger partial charge in [-0.25, -0.2) is 15.8 Å². The number of carbonyl (C=O) groups is 2. The molecule has 2 aliphatic rings. The molecule has 3 amide bonds. The molecule has 2 fully saturated rings. The zero-order chi connectivity index (χ0) is 26.9. The van der Waals surface area contributed by atoms with Crippen molar-refractivity contribution in [3.63, 3.8) is 0 Å². The Hall–Kier alpha value is -4.19. The lowest BCUT2D eigenvalue weighted by atomic mass is 9.81. The van der Waals surface area contributed by atoms with Crippen LogP contribution in [0.4, 0.5) is 14.9 Å². The summed E-state index contributed by atoms with van der Waals surface area (Å²) in [5.74, 6) is -0.571. The maximum absolute atomic E-state index is 14.4. The number of pyridine rings is 1. The first-order valence-corrected chi connectivity index (χ1v) is 12.9. The summed E-state index contributed by atoms with van der Waals surface area (Å²) in [6, 6.07) is 14.2. The molecule has 0 atom stereocenters. The highest BCUT2D eigenvalue weighted by Crippen LogP contribution is 2.41. The van der Waals surface area contributed by atoms with Crippen LogP contribution in [0.15, 0.2) is 54.7 Å². The van der Waals surface area contributed by atoms with Crippen molar-refractivity contribution in [3.05, 3.63) is 83.1 Å². The lowest BCUT2D eigenvalue weighted by molar-refractivity contribution is 0.0650. The standard InChI is InChI=1S/C29H31FN6O2/c1-31-29(21-7-5-4-6-8-21)11-13-34(14-12-29)26-23-19-22(30)9-10-25(23)32-20-24(26)27(37)35-15-17-36(18-16-35)28(38)33(2)3/h4-10,19-20H,11-18H2,2-3H3. The van der Waals surface area contributed by atoms with Gasteiger partial charge >= 0.3 is 6.03 Å². The minimum absolute atomic E-state index is 0.0735. The molecule has 8 nitrogen and oxygen atoms in total. The largest absolute Gasteiger partial charge is 0.370 e. The summed E-state index contributed by atoms with van der Waals surface area (Å²) in [4.78, 5) is 41.8. The van der Waals surface area contributed by atoms with Crippen LogP contribution in [0.25, 0.3) is 15.7 Å². The van der Waals surface area contributed by atoms with Crippen molar-refractivity contribution in [2.24, 2.45) is 0 Å². The zero-order valence-electron chi connectivity index (χ0n) is 21.7. The molecule has 0 unspecified atom stereocenters. The molecule has 1 aromatic heterocycles. The minimum Gasteiger partial charge on any atom is -0.370 e. The lowest BCUT2D eigenvalue weighted by Gasteiger charge is -2.38. The van der Waals surface area contributed by atoms with Crippen molar-refractivity contribution < 1.29 is 14.0 Å². The number of urea groups is 1. The van der Waals surface area contributed by atoms with Gasteiger partial charge in [0.25, 0.3) is 11.4 Å². The third-order valence-electron chi connectivity index (χ3n) is 7.68. The van der Waals surface area contributed by atoms with Crippen LogP contribution in [-0.4, -0.2) is 85.0 Å². The number of nitrogens with zero attached hydrogens (tertiary/aromatic N) is 6. The summed E-state index contributed by atoms with van der Waals surface area (Å²) < 4.78 is 14.4. The van der Waals surface area contributed by atoms with Gasteiger partial charge in [-0.1, -0.05) is 30.3 Å². The Morgan fingerprint density at radius 2 is 1.63 bits per heavy atom. The van der Waals surface area contributed by atoms with E-state index >= 15 is 0 Å². The molecular weight excluding hydrogens is 483 g/mol. The van der Waals surface area contributed by atoms with Crippen LogP contribution in [0.5, 0.6) is 0 Å². The molecule has 9 heteroatoms. The molecule has 2 aliphatic heterocycles. The molecule has 2 aromatic carbocycles. The Bertz CT molecular complexity index is 1390. The Labute approximate surface area is 222 Å². The average molecular weight is 515 g/mol. The smallest absolute Gasteiger partial charge is 0.319 e. The van der Waals surface area contributed by atoms with Crippen LogP contribution in [0, 0.1) is 12.4 Å². The predicted octanol–water partition coefficient (Wildman–Crippen LogP) is 4.23. The van der Waals surface area contributed by atoms with Gasteiger partial charge in [-0.3, -0.25) is 9.78 Å². The molecule has 0 aliphatic carbocycles. The van der Waals surface area contributed by atoms with E-state index in [0.29, 0.717) is 74.3 Å². The summed E-state index contributed by atoms with van der Waals surface area (Å²) in [6.07, 6.45) is 2.78. The molecule has 0 N–H and O–H groups in total. The van der Waals surface area contributed by atoms with E-state index in [1.807, 2.05) is 30.3 Å². The molecule has 0 bridgehead atoms. The number of halogens is 1. The molecule has 3 aromatic rings. The number of piperidine rings is 1. The van der Waals surface area contributed by atoms with E-state index in [9.17, 15) is 14.0 Å². The Kier molecular flexibility index (Phi) is 6.89. The van der Waals surface area contributed by atoms with Crippen LogP contribution < -0.4 is 4.90 Å². The number of carbonyl (C=O) groups excluding carboxylic acids is 2. The Morgan fingerprint density at radius 1 is 0.974 bits per heavy atom. The van der Waals surface area contributed by atoms with Gasteiger partial charge in [-0.15, -0.1) is 0 Å². The van der Waals surface area contributed by atoms with Crippen LogP contribution in [-0.2, 0) is 5.54 Å². The highest BCUT2D eigenvalue weighted by atomic mass is 19.1. The van der Waals surface area contributed by atoms with Gasteiger partial charge in [0, 0.05) is 83.4 Å². The third-order valence-corrected chi connectivity index (χ3v) is 7.68. The number of rotatable bonds is 3. The Morgan fingerprint density at radius 3 is 2.26 bits per heavy atom. The van der Waals surface area contributed by atoms with Crippen molar-refractivity contribution in [3.8, 4) is 0 Å². The summed E-state index contributed by atoms with van der Waals surface area (Å²) in [7, 11) is 3.43. The van der Waals surface area contributed by atoms with Crippen LogP contribution in [0.2, 0.25) is 0 Å². The van der Waals surface area contributed by atoms with Crippen molar-refractivity contribution in [1.82, 2.24) is 19.7 Å². The zero-order valence-corrected chi connectivity index (χ0v) is 21.7. The molecule has 0 radical (unpaired) electrons. The normalized spacial score (nSPS) is 17.3. The van der Waals surface area contributed by atoms with Crippen molar-refractivity contribution in [2.75, 3.05) is 58.3 Å². The van der Waals surface area contributed by atoms with E-state index in [1.54, 1.807) is 36.2 Å². The van der Waals surface area contributed by atoms with Gasteiger partial charge in [0.15, 0.2) is 0 Å². The van der Waals surface area contributed by atoms with E-state index < -0.39 is 11.4 Å². The number of fused-ring (bicyclic) bond motifs is 1. The fourth-order valence-electron chi connectivity index (χ4n) is 5.52. The second kappa shape index (κ2) is 10.3. The van der Waals surface area contributed by atoms with E-state index in [0.717, 1.165) is 5.56 Å². The fourth-order valence-corrected chi connectivity index (χ4v) is 5.52. The number of piperazine rings is 1. The summed E-state index contributed by atoms with van der Waals surface area (Å²) in [6.45, 7) is 10.8. The number of hydrogen-bond donors (Lipinski definition) is 0. The van der Waals surface area contributed by atoms with Gasteiger partial charge in [-0.2, -0.15) is 0 Å². The lowest BCUT2D eigenvalue weighted by Crippen LogP contribution is -2.53. The summed E-state index contributed by atoms with van der Waals surface area (Å²) >= 11 is 0. The highest BCUT2D eigenvalue weighted by molar-refractivity contribution is 6.07. The fraction of sp³-hybridized carbons (Fsp3) is 0.379. The first kappa shape index (κ1) is 25.5. The maximum atomic E-state index is 14.4. The number of anilines is 1. The summed E-state index contributed by atoms with van der Waals surface area (Å²) in [5.41, 5.74) is 2.08. The van der Waals surface area contributed by atoms with Gasteiger partial charge in [0.2, 0.25) is 0 Å². The predicted molar refractivity (Wildman–Crippen MR) is 144 cm³/mol. The number of benzene rings is 2. The highest BCUT2D eigenvalue weighted by Gasteiger charge is 2.43. The van der Waals surface area contributed by atoms with E-state index in [4.69, 9.17) is 6.57 Å². The van der Waals surface area contributed by atoms with Crippen LogP contribution >= 0.6 is 0 Å².